The van der Waals surface area contributed by atoms with Gasteiger partial charge in [0.2, 0.25) is 11.8 Å². The standard InChI is InChI=1S/C18H24ClN3O3/c19-16-3-1-15(2-4-16)13-17(23)21-5-7-22(8-6-21)18(24)14-20-9-11-25-12-10-20/h1-4H,5-14H2. The summed E-state index contributed by atoms with van der Waals surface area (Å²) in [5.74, 6) is 0.245. The summed E-state index contributed by atoms with van der Waals surface area (Å²) in [7, 11) is 0. The lowest BCUT2D eigenvalue weighted by Gasteiger charge is -2.36. The molecule has 0 bridgehead atoms. The Morgan fingerprint density at radius 2 is 1.44 bits per heavy atom. The van der Waals surface area contributed by atoms with Crippen molar-refractivity contribution in [2.24, 2.45) is 0 Å². The summed E-state index contributed by atoms with van der Waals surface area (Å²) in [6, 6.07) is 7.35. The molecule has 0 unspecified atom stereocenters. The Morgan fingerprint density at radius 3 is 2.04 bits per heavy atom. The second-order valence-corrected chi connectivity index (χ2v) is 6.89. The van der Waals surface area contributed by atoms with Gasteiger partial charge in [-0.25, -0.2) is 0 Å². The maximum atomic E-state index is 12.4. The SMILES string of the molecule is O=C(Cc1ccc(Cl)cc1)N1CCN(C(=O)CN2CCOCC2)CC1. The van der Waals surface area contributed by atoms with Crippen LogP contribution in [0.4, 0.5) is 0 Å². The molecule has 2 aliphatic heterocycles. The van der Waals surface area contributed by atoms with Crippen molar-refractivity contribution < 1.29 is 14.3 Å². The molecular weight excluding hydrogens is 342 g/mol. The minimum absolute atomic E-state index is 0.0996. The molecule has 0 radical (unpaired) electrons. The molecule has 1 aromatic carbocycles. The highest BCUT2D eigenvalue weighted by atomic mass is 35.5. The number of benzene rings is 1. The van der Waals surface area contributed by atoms with Crippen LogP contribution in [0.2, 0.25) is 5.02 Å². The summed E-state index contributed by atoms with van der Waals surface area (Å²) in [5, 5.41) is 0.670. The minimum atomic E-state index is 0.0996. The van der Waals surface area contributed by atoms with Crippen molar-refractivity contribution >= 4 is 23.4 Å². The summed E-state index contributed by atoms with van der Waals surface area (Å²) in [4.78, 5) is 30.6. The smallest absolute Gasteiger partial charge is 0.236 e. The first-order valence-electron chi connectivity index (χ1n) is 8.72. The van der Waals surface area contributed by atoms with Crippen LogP contribution < -0.4 is 0 Å². The fourth-order valence-corrected chi connectivity index (χ4v) is 3.27. The maximum Gasteiger partial charge on any atom is 0.236 e. The molecule has 0 saturated carbocycles. The molecule has 1 aromatic rings. The van der Waals surface area contributed by atoms with Crippen LogP contribution in [0.1, 0.15) is 5.56 Å². The zero-order chi connectivity index (χ0) is 17.6. The summed E-state index contributed by atoms with van der Waals surface area (Å²) >= 11 is 5.87. The fourth-order valence-electron chi connectivity index (χ4n) is 3.14. The van der Waals surface area contributed by atoms with Gasteiger partial charge in [0.25, 0.3) is 0 Å². The second kappa shape index (κ2) is 8.65. The first-order chi connectivity index (χ1) is 12.1. The Morgan fingerprint density at radius 1 is 0.880 bits per heavy atom. The zero-order valence-electron chi connectivity index (χ0n) is 14.3. The Bertz CT molecular complexity index is 594. The Balaban J connectivity index is 1.43. The normalized spacial score (nSPS) is 19.1. The Kier molecular flexibility index (Phi) is 6.29. The number of ether oxygens (including phenoxy) is 1. The zero-order valence-corrected chi connectivity index (χ0v) is 15.1. The number of morpholine rings is 1. The van der Waals surface area contributed by atoms with Gasteiger partial charge in [-0.05, 0) is 17.7 Å². The number of nitrogens with zero attached hydrogens (tertiary/aromatic N) is 3. The topological polar surface area (TPSA) is 53.1 Å². The van der Waals surface area contributed by atoms with Gasteiger partial charge in [0.1, 0.15) is 0 Å². The van der Waals surface area contributed by atoms with E-state index in [4.69, 9.17) is 16.3 Å². The highest BCUT2D eigenvalue weighted by Gasteiger charge is 2.25. The van der Waals surface area contributed by atoms with Gasteiger partial charge in [-0.1, -0.05) is 23.7 Å². The van der Waals surface area contributed by atoms with Crippen LogP contribution in [-0.2, 0) is 20.7 Å². The van der Waals surface area contributed by atoms with Crippen LogP contribution in [0.15, 0.2) is 24.3 Å². The summed E-state index contributed by atoms with van der Waals surface area (Å²) < 4.78 is 5.30. The fraction of sp³-hybridized carbons (Fsp3) is 0.556. The molecule has 25 heavy (non-hydrogen) atoms. The maximum absolute atomic E-state index is 12.4. The molecule has 0 aromatic heterocycles. The van der Waals surface area contributed by atoms with Crippen LogP contribution in [0.3, 0.4) is 0 Å². The van der Waals surface area contributed by atoms with E-state index in [0.717, 1.165) is 18.7 Å². The third-order valence-corrected chi connectivity index (χ3v) is 4.97. The van der Waals surface area contributed by atoms with Crippen LogP contribution in [0.5, 0.6) is 0 Å². The monoisotopic (exact) mass is 365 g/mol. The largest absolute Gasteiger partial charge is 0.379 e. The molecule has 0 aliphatic carbocycles. The highest BCUT2D eigenvalue weighted by molar-refractivity contribution is 6.30. The average Bonchev–Trinajstić information content (AvgIpc) is 2.64. The van der Waals surface area contributed by atoms with Crippen molar-refractivity contribution in [3.8, 4) is 0 Å². The van der Waals surface area contributed by atoms with Crippen molar-refractivity contribution in [3.05, 3.63) is 34.9 Å². The van der Waals surface area contributed by atoms with E-state index < -0.39 is 0 Å². The molecule has 6 nitrogen and oxygen atoms in total. The van der Waals surface area contributed by atoms with Crippen molar-refractivity contribution in [1.29, 1.82) is 0 Å². The van der Waals surface area contributed by atoms with Gasteiger partial charge < -0.3 is 14.5 Å². The summed E-state index contributed by atoms with van der Waals surface area (Å²) in [6.07, 6.45) is 0.374. The number of carbonyl (C=O) groups is 2. The molecular formula is C18H24ClN3O3. The summed E-state index contributed by atoms with van der Waals surface area (Å²) in [6.45, 7) is 5.87. The molecule has 0 spiro atoms. The molecule has 0 atom stereocenters. The number of amides is 2. The van der Waals surface area contributed by atoms with Gasteiger partial charge in [-0.3, -0.25) is 14.5 Å². The minimum Gasteiger partial charge on any atom is -0.379 e. The van der Waals surface area contributed by atoms with Gasteiger partial charge in [-0.15, -0.1) is 0 Å². The predicted molar refractivity (Wildman–Crippen MR) is 95.6 cm³/mol. The molecule has 2 heterocycles. The van der Waals surface area contributed by atoms with E-state index >= 15 is 0 Å². The first kappa shape index (κ1) is 18.2. The molecule has 3 rings (SSSR count). The van der Waals surface area contributed by atoms with E-state index in [2.05, 4.69) is 4.90 Å². The van der Waals surface area contributed by atoms with Gasteiger partial charge in [-0.2, -0.15) is 0 Å². The van der Waals surface area contributed by atoms with E-state index in [1.165, 1.54) is 0 Å². The van der Waals surface area contributed by atoms with Crippen LogP contribution >= 0.6 is 11.6 Å². The van der Waals surface area contributed by atoms with Crippen molar-refractivity contribution in [3.63, 3.8) is 0 Å². The van der Waals surface area contributed by atoms with E-state index in [0.29, 0.717) is 57.4 Å². The predicted octanol–water partition coefficient (Wildman–Crippen LogP) is 0.885. The van der Waals surface area contributed by atoms with Crippen LogP contribution in [0, 0.1) is 0 Å². The third kappa shape index (κ3) is 5.17. The molecule has 2 saturated heterocycles. The van der Waals surface area contributed by atoms with Gasteiger partial charge in [0, 0.05) is 44.3 Å². The number of hydrogen-bond donors (Lipinski definition) is 0. The molecule has 2 aliphatic rings. The lowest BCUT2D eigenvalue weighted by Crippen LogP contribution is -2.53. The highest BCUT2D eigenvalue weighted by Crippen LogP contribution is 2.12. The van der Waals surface area contributed by atoms with Crippen molar-refractivity contribution in [2.45, 2.75) is 6.42 Å². The van der Waals surface area contributed by atoms with Crippen molar-refractivity contribution in [1.82, 2.24) is 14.7 Å². The molecule has 2 fully saturated rings. The van der Waals surface area contributed by atoms with E-state index in [9.17, 15) is 9.59 Å². The first-order valence-corrected chi connectivity index (χ1v) is 9.10. The number of carbonyl (C=O) groups excluding carboxylic acids is 2. The molecule has 2 amide bonds. The lowest BCUT2D eigenvalue weighted by molar-refractivity contribution is -0.140. The Labute approximate surface area is 153 Å². The molecule has 136 valence electrons. The van der Waals surface area contributed by atoms with E-state index in [1.807, 2.05) is 21.9 Å². The average molecular weight is 366 g/mol. The van der Waals surface area contributed by atoms with Gasteiger partial charge in [0.15, 0.2) is 0 Å². The Hall–Kier alpha value is -1.63. The number of rotatable bonds is 4. The van der Waals surface area contributed by atoms with Crippen molar-refractivity contribution in [2.75, 3.05) is 59.0 Å². The number of hydrogen-bond acceptors (Lipinski definition) is 4. The second-order valence-electron chi connectivity index (χ2n) is 6.45. The number of halogens is 1. The quantitative estimate of drug-likeness (QED) is 0.795. The summed E-state index contributed by atoms with van der Waals surface area (Å²) in [5.41, 5.74) is 0.959. The van der Waals surface area contributed by atoms with E-state index in [1.54, 1.807) is 12.1 Å². The van der Waals surface area contributed by atoms with Crippen LogP contribution in [0.25, 0.3) is 0 Å². The van der Waals surface area contributed by atoms with Gasteiger partial charge in [0.05, 0.1) is 26.2 Å². The molecule has 0 N–H and O–H groups in total. The van der Waals surface area contributed by atoms with E-state index in [-0.39, 0.29) is 11.8 Å². The van der Waals surface area contributed by atoms with Crippen LogP contribution in [-0.4, -0.2) is 85.5 Å². The van der Waals surface area contributed by atoms with Gasteiger partial charge >= 0.3 is 0 Å². The molecule has 7 heteroatoms. The lowest BCUT2D eigenvalue weighted by atomic mass is 10.1. The number of piperazine rings is 1. The third-order valence-electron chi connectivity index (χ3n) is 4.72.